The van der Waals surface area contributed by atoms with Crippen molar-refractivity contribution in [3.63, 3.8) is 0 Å². The van der Waals surface area contributed by atoms with Crippen LogP contribution < -0.4 is 0 Å². The highest BCUT2D eigenvalue weighted by molar-refractivity contribution is 6.13. The number of nitrogens with one attached hydrogen (secondary N) is 2. The molecule has 4 atom stereocenters. The van der Waals surface area contributed by atoms with E-state index in [9.17, 15) is 9.59 Å². The van der Waals surface area contributed by atoms with Gasteiger partial charge < -0.3 is 14.7 Å². The third-order valence-corrected chi connectivity index (χ3v) is 9.62. The lowest BCUT2D eigenvalue weighted by Gasteiger charge is -2.17. The van der Waals surface area contributed by atoms with E-state index in [0.29, 0.717) is 19.3 Å². The fourth-order valence-corrected chi connectivity index (χ4v) is 7.11. The number of hydrogen-bond acceptors (Lipinski definition) is 5. The number of aromatic nitrogens is 4. The molecule has 8 bridgehead atoms. The largest absolute Gasteiger partial charge is 0.469 e. The Morgan fingerprint density at radius 3 is 2.59 bits per heavy atom. The van der Waals surface area contributed by atoms with E-state index < -0.39 is 0 Å². The Morgan fingerprint density at radius 1 is 1.10 bits per heavy atom. The van der Waals surface area contributed by atoms with Crippen LogP contribution in [0.15, 0.2) is 30.9 Å². The van der Waals surface area contributed by atoms with Gasteiger partial charge in [0.2, 0.25) is 0 Å². The summed E-state index contributed by atoms with van der Waals surface area (Å²) in [7, 11) is 1.42. The molecule has 0 radical (unpaired) electrons. The van der Waals surface area contributed by atoms with Gasteiger partial charge in [0.1, 0.15) is 0 Å². The fourth-order valence-electron chi connectivity index (χ4n) is 7.11. The molecule has 5 heterocycles. The number of carbonyl (C=O) groups excluding carboxylic acids is 2. The normalized spacial score (nSPS) is 22.2. The summed E-state index contributed by atoms with van der Waals surface area (Å²) in [5.74, 6) is 0.253. The second-order valence-electron chi connectivity index (χ2n) is 11.8. The van der Waals surface area contributed by atoms with E-state index in [1.807, 2.05) is 13.0 Å². The van der Waals surface area contributed by atoms with Crippen LogP contribution >= 0.6 is 0 Å². The number of ketones is 1. The summed E-state index contributed by atoms with van der Waals surface area (Å²) in [5, 5.41) is 0. The molecule has 1 aliphatic carbocycles. The van der Waals surface area contributed by atoms with E-state index in [-0.39, 0.29) is 35.4 Å². The molecule has 7 nitrogen and oxygen atoms in total. The Bertz CT molecular complexity index is 1720. The monoisotopic (exact) mass is 550 g/mol. The van der Waals surface area contributed by atoms with Crippen LogP contribution in [0.3, 0.4) is 0 Å². The molecular formula is C34H38N4O3. The van der Waals surface area contributed by atoms with Crippen LogP contribution in [-0.4, -0.2) is 38.8 Å². The number of esters is 1. The number of carbonyl (C=O) groups is 2. The number of aromatic amines is 2. The lowest BCUT2D eigenvalue weighted by molar-refractivity contribution is -0.140. The number of Topliss-reactive ketones (excluding diaryl/α,β-unsaturated/α-hetero) is 1. The second kappa shape index (κ2) is 10.1. The van der Waals surface area contributed by atoms with E-state index in [0.717, 1.165) is 68.3 Å². The summed E-state index contributed by atoms with van der Waals surface area (Å²) in [6.45, 7) is 14.8. The van der Waals surface area contributed by atoms with Crippen LogP contribution in [0.5, 0.6) is 0 Å². The predicted octanol–water partition coefficient (Wildman–Crippen LogP) is 7.34. The lowest BCUT2D eigenvalue weighted by Crippen LogP contribution is -2.09. The average molecular weight is 551 g/mol. The number of methoxy groups -OCH3 is 1. The molecule has 2 aromatic heterocycles. The van der Waals surface area contributed by atoms with Gasteiger partial charge in [-0.3, -0.25) is 14.6 Å². The van der Waals surface area contributed by atoms with Crippen LogP contribution in [-0.2, 0) is 16.0 Å². The van der Waals surface area contributed by atoms with Crippen molar-refractivity contribution in [2.75, 3.05) is 7.11 Å². The van der Waals surface area contributed by atoms with Crippen LogP contribution in [0.1, 0.15) is 126 Å². The van der Waals surface area contributed by atoms with E-state index in [1.165, 1.54) is 18.3 Å². The number of allylic oxidation sites excluding steroid dienone is 3. The van der Waals surface area contributed by atoms with Crippen molar-refractivity contribution < 1.29 is 14.3 Å². The standard InChI is InChI=1S/C34H38N4O3/c1-8-20-16(3)24-13-26-18(5)22(10-11-31(40)41-7)33(37-26)23-12-30(39)32-19(6)27(38-34(23)32)15-29-21(9-2)17(4)25(36-29)14-28(20)35-24/h8,13-16,18,20,22,35,38H,1,9-12H2,2-7H3. The van der Waals surface area contributed by atoms with Crippen molar-refractivity contribution in [2.45, 2.75) is 84.0 Å². The van der Waals surface area contributed by atoms with Crippen LogP contribution in [0.25, 0.3) is 22.2 Å². The van der Waals surface area contributed by atoms with Gasteiger partial charge >= 0.3 is 5.97 Å². The van der Waals surface area contributed by atoms with Crippen LogP contribution in [0.4, 0.5) is 0 Å². The van der Waals surface area contributed by atoms with Gasteiger partial charge in [0.25, 0.3) is 0 Å². The van der Waals surface area contributed by atoms with E-state index in [1.54, 1.807) is 0 Å². The highest BCUT2D eigenvalue weighted by Gasteiger charge is 2.36. The van der Waals surface area contributed by atoms with Crippen molar-refractivity contribution in [3.05, 3.63) is 81.7 Å². The number of ether oxygens (including phenoxy) is 1. The number of fused-ring (bicyclic) bond motifs is 8. The van der Waals surface area contributed by atoms with E-state index in [4.69, 9.17) is 14.7 Å². The first-order chi connectivity index (χ1) is 19.7. The highest BCUT2D eigenvalue weighted by atomic mass is 16.5. The van der Waals surface area contributed by atoms with E-state index >= 15 is 0 Å². The molecule has 6 rings (SSSR count). The van der Waals surface area contributed by atoms with E-state index in [2.05, 4.69) is 62.4 Å². The molecule has 7 heteroatoms. The summed E-state index contributed by atoms with van der Waals surface area (Å²) in [4.78, 5) is 43.2. The molecule has 4 aliphatic rings. The molecule has 0 amide bonds. The SMILES string of the molecule is C=CC1c2cc3nc(cc4[nH]c5c(c6nc(cc([nH]2)C1C)C(C)C6CCC(=O)OC)CC(=O)c5c4C)C(CC)=C3C. The van der Waals surface area contributed by atoms with Crippen molar-refractivity contribution in [1.82, 2.24) is 19.9 Å². The maximum absolute atomic E-state index is 13.4. The molecular weight excluding hydrogens is 512 g/mol. The molecule has 0 aromatic carbocycles. The zero-order chi connectivity index (χ0) is 29.2. The van der Waals surface area contributed by atoms with Gasteiger partial charge in [0.15, 0.2) is 5.78 Å². The Hall–Kier alpha value is -4.00. The molecule has 4 unspecified atom stereocenters. The quantitative estimate of drug-likeness (QED) is 0.300. The zero-order valence-corrected chi connectivity index (χ0v) is 24.8. The van der Waals surface area contributed by atoms with Crippen molar-refractivity contribution in [2.24, 2.45) is 0 Å². The molecule has 0 saturated carbocycles. The Labute approximate surface area is 240 Å². The highest BCUT2D eigenvalue weighted by Crippen LogP contribution is 2.45. The minimum Gasteiger partial charge on any atom is -0.469 e. The number of aryl methyl sites for hydroxylation is 1. The molecule has 41 heavy (non-hydrogen) atoms. The topological polar surface area (TPSA) is 101 Å². The number of nitrogens with zero attached hydrogens (tertiary/aromatic N) is 2. The third-order valence-electron chi connectivity index (χ3n) is 9.62. The van der Waals surface area contributed by atoms with Gasteiger partial charge in [-0.15, -0.1) is 6.58 Å². The van der Waals surface area contributed by atoms with Crippen molar-refractivity contribution in [3.8, 4) is 0 Å². The predicted molar refractivity (Wildman–Crippen MR) is 162 cm³/mol. The van der Waals surface area contributed by atoms with Gasteiger partial charge in [-0.25, -0.2) is 4.98 Å². The summed E-state index contributed by atoms with van der Waals surface area (Å²) in [5.41, 5.74) is 12.7. The first kappa shape index (κ1) is 27.2. The first-order valence-electron chi connectivity index (χ1n) is 14.6. The molecule has 2 N–H and O–H groups in total. The lowest BCUT2D eigenvalue weighted by atomic mass is 9.85. The average Bonchev–Trinajstić information content (AvgIpc) is 3.70. The molecule has 3 aliphatic heterocycles. The number of hydrogen-bond donors (Lipinski definition) is 2. The molecule has 0 fully saturated rings. The van der Waals surface area contributed by atoms with Crippen LogP contribution in [0, 0.1) is 6.92 Å². The van der Waals surface area contributed by atoms with Crippen LogP contribution in [0.2, 0.25) is 0 Å². The number of rotatable bonds is 5. The smallest absolute Gasteiger partial charge is 0.305 e. The molecule has 212 valence electrons. The van der Waals surface area contributed by atoms with Crippen molar-refractivity contribution in [1.29, 1.82) is 0 Å². The first-order valence-corrected chi connectivity index (χ1v) is 14.6. The minimum absolute atomic E-state index is 0.00318. The summed E-state index contributed by atoms with van der Waals surface area (Å²) >= 11 is 0. The van der Waals surface area contributed by atoms with Gasteiger partial charge in [0, 0.05) is 70.2 Å². The van der Waals surface area contributed by atoms with Gasteiger partial charge in [-0.05, 0) is 61.6 Å². The Morgan fingerprint density at radius 2 is 1.88 bits per heavy atom. The third kappa shape index (κ3) is 4.25. The molecule has 0 spiro atoms. The Balaban J connectivity index is 1.71. The summed E-state index contributed by atoms with van der Waals surface area (Å²) in [6.07, 6.45) is 4.08. The maximum Gasteiger partial charge on any atom is 0.305 e. The number of H-pyrrole nitrogens is 2. The Kier molecular flexibility index (Phi) is 6.71. The van der Waals surface area contributed by atoms with Gasteiger partial charge in [-0.1, -0.05) is 26.8 Å². The second-order valence-corrected chi connectivity index (χ2v) is 11.8. The minimum atomic E-state index is -0.236. The van der Waals surface area contributed by atoms with Gasteiger partial charge in [0.05, 0.1) is 29.7 Å². The summed E-state index contributed by atoms with van der Waals surface area (Å²) in [6, 6.07) is 6.42. The van der Waals surface area contributed by atoms with Gasteiger partial charge in [-0.2, -0.15) is 0 Å². The fraction of sp³-hybridized carbons (Fsp3) is 0.412. The maximum atomic E-state index is 13.4. The molecule has 2 aromatic rings. The zero-order valence-electron chi connectivity index (χ0n) is 24.8. The summed E-state index contributed by atoms with van der Waals surface area (Å²) < 4.78 is 4.97. The molecule has 0 saturated heterocycles. The van der Waals surface area contributed by atoms with Crippen molar-refractivity contribution >= 4 is 33.9 Å².